The molecule has 0 aromatic carbocycles. The van der Waals surface area contributed by atoms with E-state index in [4.69, 9.17) is 0 Å². The van der Waals surface area contributed by atoms with Gasteiger partial charge in [-0.2, -0.15) is 0 Å². The van der Waals surface area contributed by atoms with Crippen LogP contribution in [0, 0.1) is 0 Å². The van der Waals surface area contributed by atoms with Crippen molar-refractivity contribution >= 4 is 56.9 Å². The first kappa shape index (κ1) is 18.6. The molecule has 0 spiro atoms. The summed E-state index contributed by atoms with van der Waals surface area (Å²) >= 11 is 3.51. The van der Waals surface area contributed by atoms with E-state index in [9.17, 15) is 9.59 Å². The molecule has 0 bridgehead atoms. The van der Waals surface area contributed by atoms with E-state index in [-0.39, 0.29) is 23.9 Å². The Kier molecular flexibility index (Phi) is 9.24. The van der Waals surface area contributed by atoms with Crippen LogP contribution in [0.3, 0.4) is 0 Å². The Labute approximate surface area is 147 Å². The van der Waals surface area contributed by atoms with Gasteiger partial charge in [-0.05, 0) is 0 Å². The lowest BCUT2D eigenvalue weighted by Crippen LogP contribution is -2.42. The molecule has 0 unspecified atom stereocenters. The van der Waals surface area contributed by atoms with Gasteiger partial charge >= 0.3 is 0 Å². The van der Waals surface area contributed by atoms with Crippen molar-refractivity contribution in [3.05, 3.63) is 0 Å². The topological polar surface area (TPSA) is 82.3 Å². The van der Waals surface area contributed by atoms with E-state index >= 15 is 0 Å². The zero-order chi connectivity index (χ0) is 15.6. The van der Waals surface area contributed by atoms with E-state index in [0.717, 1.165) is 34.8 Å². The van der Waals surface area contributed by atoms with Crippen LogP contribution < -0.4 is 21.3 Å². The molecule has 0 saturated carbocycles. The maximum absolute atomic E-state index is 11.7. The van der Waals surface area contributed by atoms with Gasteiger partial charge in [0.05, 0.1) is 12.1 Å². The molecule has 6 nitrogen and oxygen atoms in total. The minimum Gasteiger partial charge on any atom is -0.354 e. The maximum atomic E-state index is 11.7. The van der Waals surface area contributed by atoms with E-state index in [1.807, 2.05) is 0 Å². The Morgan fingerprint density at radius 2 is 1.36 bits per heavy atom. The molecule has 2 fully saturated rings. The monoisotopic (exact) mass is 382 g/mol. The number of nitrogens with one attached hydrogen (secondary N) is 4. The van der Waals surface area contributed by atoms with Crippen molar-refractivity contribution in [3.8, 4) is 0 Å². The van der Waals surface area contributed by atoms with Crippen molar-refractivity contribution in [2.75, 3.05) is 47.9 Å². The average molecular weight is 383 g/mol. The summed E-state index contributed by atoms with van der Waals surface area (Å²) in [6.07, 6.45) is 0. The fourth-order valence-electron chi connectivity index (χ4n) is 1.92. The number of carbonyl (C=O) groups is 2. The SMILES string of the molecule is O=C(NCCSSCCNC(=O)[C@H]1CSCN1)[C@H]1CSCN1. The zero-order valence-corrected chi connectivity index (χ0v) is 15.5. The summed E-state index contributed by atoms with van der Waals surface area (Å²) in [5, 5.41) is 12.2. The van der Waals surface area contributed by atoms with Crippen molar-refractivity contribution in [1.82, 2.24) is 21.3 Å². The first-order chi connectivity index (χ1) is 10.8. The molecule has 0 radical (unpaired) electrons. The molecule has 2 aliphatic heterocycles. The van der Waals surface area contributed by atoms with Crippen molar-refractivity contribution in [3.63, 3.8) is 0 Å². The van der Waals surface area contributed by atoms with Gasteiger partial charge in [-0.1, -0.05) is 21.6 Å². The number of hydrogen-bond donors (Lipinski definition) is 4. The predicted octanol–water partition coefficient (Wildman–Crippen LogP) is -0.0748. The molecule has 0 aliphatic carbocycles. The third kappa shape index (κ3) is 6.79. The smallest absolute Gasteiger partial charge is 0.238 e. The van der Waals surface area contributed by atoms with Crippen LogP contribution in [0.25, 0.3) is 0 Å². The van der Waals surface area contributed by atoms with Crippen LogP contribution in [0.5, 0.6) is 0 Å². The Bertz CT molecular complexity index is 329. The largest absolute Gasteiger partial charge is 0.354 e. The second-order valence-corrected chi connectivity index (χ2v) is 9.53. The van der Waals surface area contributed by atoms with Crippen LogP contribution in [-0.4, -0.2) is 71.8 Å². The molecule has 22 heavy (non-hydrogen) atoms. The molecular weight excluding hydrogens is 360 g/mol. The highest BCUT2D eigenvalue weighted by atomic mass is 33.1. The van der Waals surface area contributed by atoms with Crippen LogP contribution in [0.15, 0.2) is 0 Å². The Morgan fingerprint density at radius 3 is 1.73 bits per heavy atom. The van der Waals surface area contributed by atoms with Gasteiger partial charge < -0.3 is 10.6 Å². The number of hydrogen-bond acceptors (Lipinski definition) is 8. The lowest BCUT2D eigenvalue weighted by molar-refractivity contribution is -0.123. The van der Waals surface area contributed by atoms with Gasteiger partial charge in [-0.3, -0.25) is 20.2 Å². The Morgan fingerprint density at radius 1 is 0.909 bits per heavy atom. The molecule has 0 aromatic rings. The van der Waals surface area contributed by atoms with E-state index in [1.165, 1.54) is 0 Å². The summed E-state index contributed by atoms with van der Waals surface area (Å²) in [5.41, 5.74) is 0. The summed E-state index contributed by atoms with van der Waals surface area (Å²) in [6, 6.07) is -0.0551. The average Bonchev–Trinajstić information content (AvgIpc) is 3.22. The minimum atomic E-state index is -0.0276. The molecule has 0 aromatic heterocycles. The minimum absolute atomic E-state index is 0.0276. The molecule has 2 heterocycles. The van der Waals surface area contributed by atoms with Crippen LogP contribution in [0.4, 0.5) is 0 Å². The molecule has 2 atom stereocenters. The third-order valence-electron chi connectivity index (χ3n) is 3.12. The predicted molar refractivity (Wildman–Crippen MR) is 99.4 cm³/mol. The summed E-state index contributed by atoms with van der Waals surface area (Å²) in [6.45, 7) is 1.38. The van der Waals surface area contributed by atoms with E-state index in [0.29, 0.717) is 13.1 Å². The van der Waals surface area contributed by atoms with Gasteiger partial charge in [0.1, 0.15) is 0 Å². The summed E-state index contributed by atoms with van der Waals surface area (Å²) < 4.78 is 0. The number of rotatable bonds is 9. The molecule has 2 aliphatic rings. The lowest BCUT2D eigenvalue weighted by atomic mass is 10.3. The van der Waals surface area contributed by atoms with Crippen molar-refractivity contribution in [1.29, 1.82) is 0 Å². The molecule has 2 amide bonds. The van der Waals surface area contributed by atoms with Gasteiger partial charge in [-0.15, -0.1) is 23.5 Å². The fourth-order valence-corrected chi connectivity index (χ4v) is 5.62. The van der Waals surface area contributed by atoms with E-state index in [2.05, 4.69) is 21.3 Å². The van der Waals surface area contributed by atoms with Crippen LogP contribution in [0.2, 0.25) is 0 Å². The highest BCUT2D eigenvalue weighted by Crippen LogP contribution is 2.19. The zero-order valence-electron chi connectivity index (χ0n) is 12.3. The van der Waals surface area contributed by atoms with Gasteiger partial charge in [0.2, 0.25) is 11.8 Å². The number of carbonyl (C=O) groups excluding carboxylic acids is 2. The Hall–Kier alpha value is 0.260. The molecular formula is C12H22N4O2S4. The summed E-state index contributed by atoms with van der Waals surface area (Å²) in [4.78, 5) is 23.4. The highest BCUT2D eigenvalue weighted by Gasteiger charge is 2.22. The van der Waals surface area contributed by atoms with Gasteiger partial charge in [0.15, 0.2) is 0 Å². The summed E-state index contributed by atoms with van der Waals surface area (Å²) in [7, 11) is 3.45. The van der Waals surface area contributed by atoms with Gasteiger partial charge in [-0.25, -0.2) is 0 Å². The van der Waals surface area contributed by atoms with Gasteiger partial charge in [0, 0.05) is 47.9 Å². The molecule has 10 heteroatoms. The fraction of sp³-hybridized carbons (Fsp3) is 0.833. The molecule has 4 N–H and O–H groups in total. The highest BCUT2D eigenvalue weighted by molar-refractivity contribution is 8.76. The lowest BCUT2D eigenvalue weighted by Gasteiger charge is -2.11. The van der Waals surface area contributed by atoms with Crippen molar-refractivity contribution < 1.29 is 9.59 Å². The quantitative estimate of drug-likeness (QED) is 0.326. The Balaban J connectivity index is 1.38. The first-order valence-corrected chi connectivity index (χ1v) is 12.0. The standard InChI is InChI=1S/C12H22N4O2S4/c17-11(9-5-19-7-15-9)13-1-3-21-22-4-2-14-12(18)10-6-20-8-16-10/h9-10,15-16H,1-8H2,(H,13,17)(H,14,18)/t9-,10-/m1/s1. The van der Waals surface area contributed by atoms with Crippen LogP contribution >= 0.6 is 45.1 Å². The maximum Gasteiger partial charge on any atom is 0.238 e. The molecule has 2 saturated heterocycles. The number of thioether (sulfide) groups is 2. The molecule has 2 rings (SSSR count). The second-order valence-electron chi connectivity index (χ2n) is 4.77. The van der Waals surface area contributed by atoms with Gasteiger partial charge in [0.25, 0.3) is 0 Å². The summed E-state index contributed by atoms with van der Waals surface area (Å²) in [5.74, 6) is 5.42. The van der Waals surface area contributed by atoms with Crippen LogP contribution in [0.1, 0.15) is 0 Å². The van der Waals surface area contributed by atoms with E-state index in [1.54, 1.807) is 45.1 Å². The normalized spacial score (nSPS) is 24.4. The first-order valence-electron chi connectivity index (χ1n) is 7.19. The van der Waals surface area contributed by atoms with Crippen molar-refractivity contribution in [2.45, 2.75) is 12.1 Å². The van der Waals surface area contributed by atoms with Crippen LogP contribution in [-0.2, 0) is 9.59 Å². The van der Waals surface area contributed by atoms with E-state index < -0.39 is 0 Å². The third-order valence-corrected chi connectivity index (χ3v) is 7.41. The number of amides is 2. The molecule has 126 valence electrons. The second kappa shape index (κ2) is 10.9. The van der Waals surface area contributed by atoms with Crippen molar-refractivity contribution in [2.24, 2.45) is 0 Å².